The van der Waals surface area contributed by atoms with Crippen molar-refractivity contribution in [2.45, 2.75) is 59.1 Å². The summed E-state index contributed by atoms with van der Waals surface area (Å²) in [5, 5.41) is 0. The number of primary amides is 1. The van der Waals surface area contributed by atoms with Crippen LogP contribution in [0.5, 0.6) is 0 Å². The Hall–Kier alpha value is -0.610. The first kappa shape index (κ1) is 15.4. The van der Waals surface area contributed by atoms with E-state index in [1.54, 1.807) is 6.92 Å². The van der Waals surface area contributed by atoms with Crippen molar-refractivity contribution in [3.05, 3.63) is 0 Å². The molecule has 0 fully saturated rings. The molecule has 0 bridgehead atoms. The lowest BCUT2D eigenvalue weighted by atomic mass is 9.92. The molecule has 4 heteroatoms. The minimum Gasteiger partial charge on any atom is -0.378 e. The van der Waals surface area contributed by atoms with Gasteiger partial charge in [-0.15, -0.1) is 0 Å². The number of hydrogen-bond donors (Lipinski definition) is 2. The summed E-state index contributed by atoms with van der Waals surface area (Å²) >= 11 is 0. The molecule has 2 atom stereocenters. The van der Waals surface area contributed by atoms with Gasteiger partial charge in [0.2, 0.25) is 5.91 Å². The van der Waals surface area contributed by atoms with Crippen LogP contribution >= 0.6 is 0 Å². The van der Waals surface area contributed by atoms with E-state index in [0.29, 0.717) is 13.0 Å². The number of rotatable bonds is 6. The van der Waals surface area contributed by atoms with E-state index in [1.807, 2.05) is 6.92 Å². The van der Waals surface area contributed by atoms with Gasteiger partial charge in [0.15, 0.2) is 0 Å². The summed E-state index contributed by atoms with van der Waals surface area (Å²) in [6.45, 7) is 10.7. The van der Waals surface area contributed by atoms with Crippen molar-refractivity contribution in [1.29, 1.82) is 0 Å². The lowest BCUT2D eigenvalue weighted by molar-refractivity contribution is -0.124. The normalized spacial score (nSPS) is 17.9. The summed E-state index contributed by atoms with van der Waals surface area (Å²) < 4.78 is 5.62. The summed E-state index contributed by atoms with van der Waals surface area (Å²) in [6, 6.07) is 0. The maximum atomic E-state index is 11.0. The fourth-order valence-corrected chi connectivity index (χ4v) is 1.32. The lowest BCUT2D eigenvalue weighted by Gasteiger charge is -2.26. The monoisotopic (exact) mass is 230 g/mol. The SMILES string of the molecule is CC(CC(C)(N)C(N)=O)OCCC(C)(C)C. The van der Waals surface area contributed by atoms with E-state index in [4.69, 9.17) is 16.2 Å². The Labute approximate surface area is 98.7 Å². The maximum absolute atomic E-state index is 11.0. The van der Waals surface area contributed by atoms with Crippen LogP contribution in [0.3, 0.4) is 0 Å². The highest BCUT2D eigenvalue weighted by Gasteiger charge is 2.28. The van der Waals surface area contributed by atoms with Gasteiger partial charge < -0.3 is 16.2 Å². The largest absolute Gasteiger partial charge is 0.378 e. The Morgan fingerprint density at radius 2 is 1.81 bits per heavy atom. The van der Waals surface area contributed by atoms with E-state index in [0.717, 1.165) is 6.42 Å². The van der Waals surface area contributed by atoms with E-state index in [9.17, 15) is 4.79 Å². The summed E-state index contributed by atoms with van der Waals surface area (Å²) in [4.78, 5) is 11.0. The molecule has 4 nitrogen and oxygen atoms in total. The zero-order valence-electron chi connectivity index (χ0n) is 11.2. The fraction of sp³-hybridized carbons (Fsp3) is 0.917. The third-order valence-electron chi connectivity index (χ3n) is 2.53. The predicted octanol–water partition coefficient (Wildman–Crippen LogP) is 1.42. The molecule has 0 spiro atoms. The minimum atomic E-state index is -0.985. The second-order valence-corrected chi connectivity index (χ2v) is 5.98. The highest BCUT2D eigenvalue weighted by atomic mass is 16.5. The van der Waals surface area contributed by atoms with Crippen molar-refractivity contribution in [1.82, 2.24) is 0 Å². The number of carbonyl (C=O) groups excluding carboxylic acids is 1. The van der Waals surface area contributed by atoms with E-state index in [1.165, 1.54) is 0 Å². The molecule has 0 saturated carbocycles. The van der Waals surface area contributed by atoms with Gasteiger partial charge in [-0.05, 0) is 32.1 Å². The Morgan fingerprint density at radius 1 is 1.31 bits per heavy atom. The van der Waals surface area contributed by atoms with E-state index in [-0.39, 0.29) is 11.5 Å². The topological polar surface area (TPSA) is 78.3 Å². The average molecular weight is 230 g/mol. The highest BCUT2D eigenvalue weighted by Crippen LogP contribution is 2.19. The van der Waals surface area contributed by atoms with Gasteiger partial charge in [-0.3, -0.25) is 4.79 Å². The number of hydrogen-bond acceptors (Lipinski definition) is 3. The number of ether oxygens (including phenoxy) is 1. The Bertz CT molecular complexity index is 232. The third-order valence-corrected chi connectivity index (χ3v) is 2.53. The zero-order chi connectivity index (χ0) is 13.0. The Morgan fingerprint density at radius 3 is 2.19 bits per heavy atom. The van der Waals surface area contributed by atoms with Crippen LogP contribution < -0.4 is 11.5 Å². The molecule has 2 unspecified atom stereocenters. The summed E-state index contributed by atoms with van der Waals surface area (Å²) in [5.41, 5.74) is 10.2. The van der Waals surface area contributed by atoms with Crippen LogP contribution in [0.2, 0.25) is 0 Å². The average Bonchev–Trinajstić information content (AvgIpc) is 1.99. The predicted molar refractivity (Wildman–Crippen MR) is 65.9 cm³/mol. The van der Waals surface area contributed by atoms with Crippen LogP contribution in [0.1, 0.15) is 47.5 Å². The van der Waals surface area contributed by atoms with E-state index < -0.39 is 11.4 Å². The van der Waals surface area contributed by atoms with Crippen molar-refractivity contribution < 1.29 is 9.53 Å². The summed E-state index contributed by atoms with van der Waals surface area (Å²) in [6.07, 6.45) is 1.38. The van der Waals surface area contributed by atoms with Gasteiger partial charge in [-0.25, -0.2) is 0 Å². The van der Waals surface area contributed by atoms with Gasteiger partial charge in [-0.2, -0.15) is 0 Å². The van der Waals surface area contributed by atoms with Crippen LogP contribution in [-0.2, 0) is 9.53 Å². The highest BCUT2D eigenvalue weighted by molar-refractivity contribution is 5.83. The number of nitrogens with two attached hydrogens (primary N) is 2. The standard InChI is InChI=1S/C12H26N2O2/c1-9(8-12(5,14)10(13)15)16-7-6-11(2,3)4/h9H,6-8,14H2,1-5H3,(H2,13,15). The molecule has 0 aromatic heterocycles. The molecule has 0 aromatic rings. The summed E-state index contributed by atoms with van der Waals surface area (Å²) in [5.74, 6) is -0.487. The van der Waals surface area contributed by atoms with Crippen molar-refractivity contribution in [2.24, 2.45) is 16.9 Å². The fourth-order valence-electron chi connectivity index (χ4n) is 1.32. The molecule has 0 saturated heterocycles. The molecule has 0 aliphatic heterocycles. The molecule has 0 radical (unpaired) electrons. The molecule has 0 aromatic carbocycles. The van der Waals surface area contributed by atoms with Gasteiger partial charge in [0.05, 0.1) is 11.6 Å². The number of amides is 1. The molecule has 4 N–H and O–H groups in total. The van der Waals surface area contributed by atoms with Crippen LogP contribution in [0.25, 0.3) is 0 Å². The zero-order valence-corrected chi connectivity index (χ0v) is 11.2. The molecule has 0 heterocycles. The van der Waals surface area contributed by atoms with Gasteiger partial charge in [0.1, 0.15) is 0 Å². The van der Waals surface area contributed by atoms with Crippen molar-refractivity contribution in [3.63, 3.8) is 0 Å². The van der Waals surface area contributed by atoms with Crippen LogP contribution in [0.4, 0.5) is 0 Å². The molecule has 16 heavy (non-hydrogen) atoms. The van der Waals surface area contributed by atoms with Gasteiger partial charge in [-0.1, -0.05) is 20.8 Å². The molecule has 0 rings (SSSR count). The first-order chi connectivity index (χ1) is 7.04. The molecule has 0 aliphatic carbocycles. The van der Waals surface area contributed by atoms with Crippen molar-refractivity contribution in [3.8, 4) is 0 Å². The third kappa shape index (κ3) is 6.80. The quantitative estimate of drug-likeness (QED) is 0.724. The van der Waals surface area contributed by atoms with Crippen LogP contribution in [0, 0.1) is 5.41 Å². The second-order valence-electron chi connectivity index (χ2n) is 5.98. The Balaban J connectivity index is 3.92. The maximum Gasteiger partial charge on any atom is 0.237 e. The van der Waals surface area contributed by atoms with Gasteiger partial charge in [0.25, 0.3) is 0 Å². The first-order valence-electron chi connectivity index (χ1n) is 5.75. The lowest BCUT2D eigenvalue weighted by Crippen LogP contribution is -2.51. The molecule has 0 aliphatic rings. The molecular weight excluding hydrogens is 204 g/mol. The first-order valence-corrected chi connectivity index (χ1v) is 5.75. The smallest absolute Gasteiger partial charge is 0.237 e. The second kappa shape index (κ2) is 5.64. The van der Waals surface area contributed by atoms with E-state index >= 15 is 0 Å². The van der Waals surface area contributed by atoms with Crippen LogP contribution in [0.15, 0.2) is 0 Å². The Kier molecular flexibility index (Phi) is 5.42. The molecule has 1 amide bonds. The molecular formula is C12H26N2O2. The molecule has 96 valence electrons. The number of carbonyl (C=O) groups is 1. The van der Waals surface area contributed by atoms with E-state index in [2.05, 4.69) is 20.8 Å². The van der Waals surface area contributed by atoms with Crippen molar-refractivity contribution in [2.75, 3.05) is 6.61 Å². The summed E-state index contributed by atoms with van der Waals surface area (Å²) in [7, 11) is 0. The van der Waals surface area contributed by atoms with Gasteiger partial charge >= 0.3 is 0 Å². The minimum absolute atomic E-state index is 0.0511. The van der Waals surface area contributed by atoms with Crippen LogP contribution in [-0.4, -0.2) is 24.2 Å². The van der Waals surface area contributed by atoms with Crippen molar-refractivity contribution >= 4 is 5.91 Å². The van der Waals surface area contributed by atoms with Gasteiger partial charge in [0, 0.05) is 6.61 Å².